The summed E-state index contributed by atoms with van der Waals surface area (Å²) in [6.45, 7) is 15.3. The third kappa shape index (κ3) is 5.11. The summed E-state index contributed by atoms with van der Waals surface area (Å²) < 4.78 is 0. The molecule has 0 radical (unpaired) electrons. The zero-order valence-electron chi connectivity index (χ0n) is 13.1. The van der Waals surface area contributed by atoms with Gasteiger partial charge in [-0.2, -0.15) is 0 Å². The summed E-state index contributed by atoms with van der Waals surface area (Å²) in [6.07, 6.45) is 2.21. The molecule has 0 aliphatic heterocycles. The fraction of sp³-hybridized carbons (Fsp3) is 0.800. The number of anilines is 1. The van der Waals surface area contributed by atoms with E-state index in [0.29, 0.717) is 5.92 Å². The summed E-state index contributed by atoms with van der Waals surface area (Å²) in [4.78, 5) is 8.65. The maximum absolute atomic E-state index is 4.84. The van der Waals surface area contributed by atoms with Crippen molar-refractivity contribution in [1.82, 2.24) is 10.3 Å². The van der Waals surface area contributed by atoms with Crippen LogP contribution in [0.15, 0.2) is 0 Å². The fourth-order valence-electron chi connectivity index (χ4n) is 2.08. The van der Waals surface area contributed by atoms with Gasteiger partial charge in [-0.25, -0.2) is 4.98 Å². The average Bonchev–Trinajstić information content (AvgIpc) is 2.79. The Labute approximate surface area is 122 Å². The van der Waals surface area contributed by atoms with Gasteiger partial charge < -0.3 is 10.2 Å². The van der Waals surface area contributed by atoms with Crippen LogP contribution in [0.1, 0.15) is 51.6 Å². The second-order valence-electron chi connectivity index (χ2n) is 5.33. The molecule has 0 atom stereocenters. The van der Waals surface area contributed by atoms with Gasteiger partial charge in [0.2, 0.25) is 0 Å². The third-order valence-electron chi connectivity index (χ3n) is 3.05. The molecule has 0 saturated carbocycles. The molecule has 0 spiro atoms. The van der Waals surface area contributed by atoms with Crippen molar-refractivity contribution in [3.05, 3.63) is 10.6 Å². The van der Waals surface area contributed by atoms with E-state index in [2.05, 4.69) is 44.8 Å². The average molecular weight is 283 g/mol. The van der Waals surface area contributed by atoms with Crippen molar-refractivity contribution >= 4 is 16.5 Å². The first kappa shape index (κ1) is 16.4. The van der Waals surface area contributed by atoms with Gasteiger partial charge in [-0.05, 0) is 32.2 Å². The van der Waals surface area contributed by atoms with E-state index in [9.17, 15) is 0 Å². The first-order valence-corrected chi connectivity index (χ1v) is 8.38. The lowest BCUT2D eigenvalue weighted by atomic mass is 10.2. The lowest BCUT2D eigenvalue weighted by Gasteiger charge is -2.21. The maximum atomic E-state index is 4.84. The SMILES string of the molecule is CCCNCc1sc(N(CC)CC(C)C)nc1CC. The van der Waals surface area contributed by atoms with Gasteiger partial charge in [0.05, 0.1) is 5.69 Å². The Hall–Kier alpha value is -0.610. The minimum Gasteiger partial charge on any atom is -0.348 e. The topological polar surface area (TPSA) is 28.2 Å². The molecule has 0 amide bonds. The van der Waals surface area contributed by atoms with Crippen LogP contribution in [0.3, 0.4) is 0 Å². The number of nitrogens with one attached hydrogen (secondary N) is 1. The molecular weight excluding hydrogens is 254 g/mol. The van der Waals surface area contributed by atoms with Gasteiger partial charge in [-0.1, -0.05) is 27.7 Å². The van der Waals surface area contributed by atoms with Crippen LogP contribution in [0.2, 0.25) is 0 Å². The largest absolute Gasteiger partial charge is 0.348 e. The highest BCUT2D eigenvalue weighted by Gasteiger charge is 2.15. The molecule has 0 aromatic carbocycles. The molecule has 1 aromatic rings. The van der Waals surface area contributed by atoms with Crippen LogP contribution in [0.5, 0.6) is 0 Å². The number of nitrogens with zero attached hydrogens (tertiary/aromatic N) is 2. The zero-order valence-corrected chi connectivity index (χ0v) is 13.9. The Balaban J connectivity index is 2.78. The van der Waals surface area contributed by atoms with Gasteiger partial charge in [0.15, 0.2) is 5.13 Å². The maximum Gasteiger partial charge on any atom is 0.185 e. The molecule has 0 saturated heterocycles. The molecule has 3 nitrogen and oxygen atoms in total. The van der Waals surface area contributed by atoms with Crippen LogP contribution in [0.4, 0.5) is 5.13 Å². The van der Waals surface area contributed by atoms with Crippen molar-refractivity contribution in [1.29, 1.82) is 0 Å². The van der Waals surface area contributed by atoms with Crippen LogP contribution in [-0.4, -0.2) is 24.6 Å². The minimum absolute atomic E-state index is 0.676. The Morgan fingerprint density at radius 2 is 2.00 bits per heavy atom. The van der Waals surface area contributed by atoms with E-state index < -0.39 is 0 Å². The lowest BCUT2D eigenvalue weighted by Crippen LogP contribution is -2.27. The van der Waals surface area contributed by atoms with Crippen molar-refractivity contribution < 1.29 is 0 Å². The molecule has 4 heteroatoms. The third-order valence-corrected chi connectivity index (χ3v) is 4.21. The molecule has 0 bridgehead atoms. The molecule has 19 heavy (non-hydrogen) atoms. The van der Waals surface area contributed by atoms with Crippen LogP contribution in [0.25, 0.3) is 0 Å². The molecule has 1 rings (SSSR count). The Morgan fingerprint density at radius 3 is 2.53 bits per heavy atom. The second-order valence-corrected chi connectivity index (χ2v) is 6.39. The van der Waals surface area contributed by atoms with Crippen LogP contribution < -0.4 is 10.2 Å². The number of hydrogen-bond acceptors (Lipinski definition) is 4. The van der Waals surface area contributed by atoms with Crippen molar-refractivity contribution in [2.24, 2.45) is 5.92 Å². The molecular formula is C15H29N3S. The Kier molecular flexibility index (Phi) is 7.39. The van der Waals surface area contributed by atoms with Gasteiger partial charge in [0.1, 0.15) is 0 Å². The zero-order chi connectivity index (χ0) is 14.3. The van der Waals surface area contributed by atoms with Gasteiger partial charge in [0, 0.05) is 24.5 Å². The summed E-state index contributed by atoms with van der Waals surface area (Å²) in [6, 6.07) is 0. The standard InChI is InChI=1S/C15H29N3S/c1-6-9-16-10-14-13(7-2)17-15(19-14)18(8-3)11-12(4)5/h12,16H,6-11H2,1-5H3. The first-order valence-electron chi connectivity index (χ1n) is 7.56. The molecule has 0 aliphatic carbocycles. The van der Waals surface area contributed by atoms with Gasteiger partial charge in [-0.3, -0.25) is 0 Å². The predicted octanol–water partition coefficient (Wildman–Crippen LogP) is 3.69. The van der Waals surface area contributed by atoms with Crippen molar-refractivity contribution in [2.45, 2.75) is 54.0 Å². The molecule has 1 heterocycles. The summed E-state index contributed by atoms with van der Waals surface area (Å²) in [7, 11) is 0. The van der Waals surface area contributed by atoms with E-state index in [0.717, 1.165) is 32.6 Å². The molecule has 0 aliphatic rings. The summed E-state index contributed by atoms with van der Waals surface area (Å²) in [5, 5.41) is 4.68. The highest BCUT2D eigenvalue weighted by Crippen LogP contribution is 2.27. The van der Waals surface area contributed by atoms with E-state index >= 15 is 0 Å². The van der Waals surface area contributed by atoms with E-state index in [1.165, 1.54) is 22.1 Å². The second kappa shape index (κ2) is 8.54. The van der Waals surface area contributed by atoms with Crippen LogP contribution >= 0.6 is 11.3 Å². The van der Waals surface area contributed by atoms with Crippen LogP contribution in [0, 0.1) is 5.92 Å². The highest BCUT2D eigenvalue weighted by atomic mass is 32.1. The lowest BCUT2D eigenvalue weighted by molar-refractivity contribution is 0.617. The van der Waals surface area contributed by atoms with Crippen LogP contribution in [-0.2, 0) is 13.0 Å². The smallest absolute Gasteiger partial charge is 0.185 e. The number of aromatic nitrogens is 1. The first-order chi connectivity index (χ1) is 9.12. The summed E-state index contributed by atoms with van der Waals surface area (Å²) in [5.41, 5.74) is 1.27. The fourth-order valence-corrected chi connectivity index (χ4v) is 3.27. The highest BCUT2D eigenvalue weighted by molar-refractivity contribution is 7.15. The van der Waals surface area contributed by atoms with E-state index in [1.807, 2.05) is 11.3 Å². The quantitative estimate of drug-likeness (QED) is 0.701. The summed E-state index contributed by atoms with van der Waals surface area (Å²) >= 11 is 1.86. The van der Waals surface area contributed by atoms with E-state index in [4.69, 9.17) is 4.98 Å². The van der Waals surface area contributed by atoms with Gasteiger partial charge >= 0.3 is 0 Å². The number of aryl methyl sites for hydroxylation is 1. The Bertz CT molecular complexity index is 360. The monoisotopic (exact) mass is 283 g/mol. The molecule has 1 aromatic heterocycles. The van der Waals surface area contributed by atoms with Gasteiger partial charge in [-0.15, -0.1) is 11.3 Å². The van der Waals surface area contributed by atoms with E-state index in [1.54, 1.807) is 0 Å². The molecule has 1 N–H and O–H groups in total. The molecule has 0 unspecified atom stereocenters. The van der Waals surface area contributed by atoms with Gasteiger partial charge in [0.25, 0.3) is 0 Å². The summed E-state index contributed by atoms with van der Waals surface area (Å²) in [5.74, 6) is 0.676. The van der Waals surface area contributed by atoms with Crippen molar-refractivity contribution in [2.75, 3.05) is 24.5 Å². The predicted molar refractivity (Wildman–Crippen MR) is 86.2 cm³/mol. The minimum atomic E-state index is 0.676. The molecule has 110 valence electrons. The number of thiazole rings is 1. The normalized spacial score (nSPS) is 11.3. The number of rotatable bonds is 9. The van der Waals surface area contributed by atoms with Crippen molar-refractivity contribution in [3.8, 4) is 0 Å². The van der Waals surface area contributed by atoms with Crippen molar-refractivity contribution in [3.63, 3.8) is 0 Å². The number of hydrogen-bond donors (Lipinski definition) is 1. The molecule has 0 fully saturated rings. The Morgan fingerprint density at radius 1 is 1.26 bits per heavy atom. The van der Waals surface area contributed by atoms with E-state index in [-0.39, 0.29) is 0 Å².